The van der Waals surface area contributed by atoms with Crippen LogP contribution in [0.4, 0.5) is 4.39 Å². The zero-order valence-corrected chi connectivity index (χ0v) is 17.1. The van der Waals surface area contributed by atoms with Gasteiger partial charge in [0.2, 0.25) is 11.8 Å². The van der Waals surface area contributed by atoms with Crippen LogP contribution >= 0.6 is 0 Å². The van der Waals surface area contributed by atoms with Crippen LogP contribution in [0, 0.1) is 11.2 Å². The van der Waals surface area contributed by atoms with Crippen LogP contribution in [-0.2, 0) is 17.8 Å². The van der Waals surface area contributed by atoms with Gasteiger partial charge in [0.15, 0.2) is 0 Å². The molecule has 1 aromatic carbocycles. The lowest BCUT2D eigenvalue weighted by atomic mass is 9.73. The van der Waals surface area contributed by atoms with Gasteiger partial charge in [0.25, 0.3) is 0 Å². The Labute approximate surface area is 171 Å². The first-order valence-corrected chi connectivity index (χ1v) is 10.3. The summed E-state index contributed by atoms with van der Waals surface area (Å²) in [4.78, 5) is 21.9. The molecule has 2 fully saturated rings. The van der Waals surface area contributed by atoms with Crippen molar-refractivity contribution in [3.63, 3.8) is 0 Å². The molecule has 2 saturated heterocycles. The first-order valence-electron chi connectivity index (χ1n) is 10.3. The molecule has 1 atom stereocenters. The molecule has 3 heterocycles. The molecular weight excluding hydrogens is 369 g/mol. The number of hydrogen-bond acceptors (Lipinski definition) is 4. The summed E-state index contributed by atoms with van der Waals surface area (Å²) in [6, 6.07) is 11.0. The van der Waals surface area contributed by atoms with Gasteiger partial charge in [-0.3, -0.25) is 9.69 Å². The average Bonchev–Trinajstić information content (AvgIpc) is 3.13. The fourth-order valence-electron chi connectivity index (χ4n) is 4.71. The maximum absolute atomic E-state index is 14.4. The number of halogens is 1. The Morgan fingerprint density at radius 2 is 2.10 bits per heavy atom. The third-order valence-corrected chi connectivity index (χ3v) is 6.22. The summed E-state index contributed by atoms with van der Waals surface area (Å²) in [5, 5.41) is 0. The molecule has 29 heavy (non-hydrogen) atoms. The van der Waals surface area contributed by atoms with Gasteiger partial charge >= 0.3 is 0 Å². The van der Waals surface area contributed by atoms with E-state index in [9.17, 15) is 9.18 Å². The third-order valence-electron chi connectivity index (χ3n) is 6.22. The summed E-state index contributed by atoms with van der Waals surface area (Å²) in [5.74, 6) is 0.531. The Morgan fingerprint density at radius 3 is 2.79 bits per heavy atom. The second-order valence-electron chi connectivity index (χ2n) is 8.39. The summed E-state index contributed by atoms with van der Waals surface area (Å²) in [5.41, 5.74) is 1.16. The molecule has 0 bridgehead atoms. The molecule has 0 N–H and O–H groups in total. The van der Waals surface area contributed by atoms with Crippen molar-refractivity contribution in [1.82, 2.24) is 14.8 Å². The Morgan fingerprint density at radius 1 is 1.31 bits per heavy atom. The van der Waals surface area contributed by atoms with Crippen LogP contribution in [0.15, 0.2) is 42.6 Å². The number of methoxy groups -OCH3 is 1. The van der Waals surface area contributed by atoms with Gasteiger partial charge in [-0.05, 0) is 49.4 Å². The number of benzene rings is 1. The molecule has 1 aromatic heterocycles. The SMILES string of the molecule is COc1cc(CN2CC(Cc3ccccc3F)(C(=O)N3CCCC3C)C2)ccn1. The molecular formula is C23H28FN3O2. The Balaban J connectivity index is 1.52. The Hall–Kier alpha value is -2.47. The number of amides is 1. The summed E-state index contributed by atoms with van der Waals surface area (Å²) < 4.78 is 19.6. The van der Waals surface area contributed by atoms with E-state index in [0.717, 1.165) is 31.5 Å². The summed E-state index contributed by atoms with van der Waals surface area (Å²) >= 11 is 0. The topological polar surface area (TPSA) is 45.7 Å². The Bertz CT molecular complexity index is 882. The van der Waals surface area contributed by atoms with Crippen LogP contribution in [0.2, 0.25) is 0 Å². The van der Waals surface area contributed by atoms with Crippen molar-refractivity contribution < 1.29 is 13.9 Å². The predicted octanol–water partition coefficient (Wildman–Crippen LogP) is 3.28. The van der Waals surface area contributed by atoms with Crippen molar-refractivity contribution in [2.75, 3.05) is 26.7 Å². The average molecular weight is 397 g/mol. The number of rotatable bonds is 6. The predicted molar refractivity (Wildman–Crippen MR) is 109 cm³/mol. The van der Waals surface area contributed by atoms with Crippen molar-refractivity contribution in [2.24, 2.45) is 5.41 Å². The monoisotopic (exact) mass is 397 g/mol. The number of carbonyl (C=O) groups excluding carboxylic acids is 1. The molecule has 6 heteroatoms. The lowest BCUT2D eigenvalue weighted by Gasteiger charge is -2.51. The van der Waals surface area contributed by atoms with E-state index < -0.39 is 5.41 Å². The van der Waals surface area contributed by atoms with E-state index in [1.54, 1.807) is 25.4 Å². The highest BCUT2D eigenvalue weighted by Gasteiger charge is 2.52. The minimum atomic E-state index is -0.558. The van der Waals surface area contributed by atoms with Gasteiger partial charge in [0.05, 0.1) is 12.5 Å². The van der Waals surface area contributed by atoms with Gasteiger partial charge in [0, 0.05) is 44.5 Å². The zero-order chi connectivity index (χ0) is 20.4. The van der Waals surface area contributed by atoms with Crippen LogP contribution in [0.5, 0.6) is 5.88 Å². The van der Waals surface area contributed by atoms with Gasteiger partial charge in [-0.1, -0.05) is 18.2 Å². The molecule has 0 saturated carbocycles. The standard InChI is InChI=1S/C23H28FN3O2/c1-17-6-5-11-27(17)22(28)23(13-19-7-3-4-8-20(19)24)15-26(16-23)14-18-9-10-25-21(12-18)29-2/h3-4,7-10,12,17H,5-6,11,13-16H2,1-2H3. The van der Waals surface area contributed by atoms with Crippen molar-refractivity contribution >= 4 is 5.91 Å². The normalized spacial score (nSPS) is 21.1. The number of carbonyl (C=O) groups is 1. The summed E-state index contributed by atoms with van der Waals surface area (Å²) in [6.07, 6.45) is 4.26. The molecule has 4 rings (SSSR count). The van der Waals surface area contributed by atoms with Crippen molar-refractivity contribution in [3.05, 3.63) is 59.5 Å². The summed E-state index contributed by atoms with van der Waals surface area (Å²) in [7, 11) is 1.60. The van der Waals surface area contributed by atoms with Crippen LogP contribution in [0.3, 0.4) is 0 Å². The molecule has 0 aliphatic carbocycles. The van der Waals surface area contributed by atoms with Crippen molar-refractivity contribution in [3.8, 4) is 5.88 Å². The van der Waals surface area contributed by atoms with Gasteiger partial charge in [-0.25, -0.2) is 9.37 Å². The number of aromatic nitrogens is 1. The molecule has 0 spiro atoms. The number of likely N-dealkylation sites (tertiary alicyclic amines) is 2. The van der Waals surface area contributed by atoms with Crippen LogP contribution in [0.25, 0.3) is 0 Å². The maximum atomic E-state index is 14.4. The van der Waals surface area contributed by atoms with Gasteiger partial charge in [-0.15, -0.1) is 0 Å². The number of pyridine rings is 1. The van der Waals surface area contributed by atoms with Crippen LogP contribution < -0.4 is 4.74 Å². The van der Waals surface area contributed by atoms with E-state index in [1.165, 1.54) is 6.07 Å². The molecule has 2 aliphatic rings. The van der Waals surface area contributed by atoms with Crippen molar-refractivity contribution in [1.29, 1.82) is 0 Å². The molecule has 1 amide bonds. The molecule has 5 nitrogen and oxygen atoms in total. The second kappa shape index (κ2) is 8.11. The number of nitrogens with zero attached hydrogens (tertiary/aromatic N) is 3. The highest BCUT2D eigenvalue weighted by atomic mass is 19.1. The smallest absolute Gasteiger partial charge is 0.231 e. The highest BCUT2D eigenvalue weighted by Crippen LogP contribution is 2.39. The zero-order valence-electron chi connectivity index (χ0n) is 17.1. The third kappa shape index (κ3) is 3.99. The molecule has 2 aromatic rings. The van der Waals surface area contributed by atoms with E-state index in [2.05, 4.69) is 16.8 Å². The quantitative estimate of drug-likeness (QED) is 0.751. The fourth-order valence-corrected chi connectivity index (χ4v) is 4.71. The van der Waals surface area contributed by atoms with Gasteiger partial charge < -0.3 is 9.64 Å². The lowest BCUT2D eigenvalue weighted by Crippen LogP contribution is -2.64. The molecule has 154 valence electrons. The van der Waals surface area contributed by atoms with Gasteiger partial charge in [-0.2, -0.15) is 0 Å². The maximum Gasteiger partial charge on any atom is 0.231 e. The molecule has 1 unspecified atom stereocenters. The molecule has 0 radical (unpaired) electrons. The first kappa shape index (κ1) is 19.8. The van der Waals surface area contributed by atoms with Gasteiger partial charge in [0.1, 0.15) is 5.82 Å². The van der Waals surface area contributed by atoms with E-state index in [1.807, 2.05) is 23.1 Å². The van der Waals surface area contributed by atoms with E-state index in [0.29, 0.717) is 31.0 Å². The minimum Gasteiger partial charge on any atom is -0.481 e. The van der Waals surface area contributed by atoms with E-state index >= 15 is 0 Å². The minimum absolute atomic E-state index is 0.175. The highest BCUT2D eigenvalue weighted by molar-refractivity contribution is 5.85. The molecule has 2 aliphatic heterocycles. The first-order chi connectivity index (χ1) is 14.0. The van der Waals surface area contributed by atoms with Crippen LogP contribution in [0.1, 0.15) is 30.9 Å². The fraction of sp³-hybridized carbons (Fsp3) is 0.478. The Kier molecular flexibility index (Phi) is 5.54. The van der Waals surface area contributed by atoms with E-state index in [4.69, 9.17) is 4.74 Å². The largest absolute Gasteiger partial charge is 0.481 e. The number of hydrogen-bond donors (Lipinski definition) is 0. The number of ether oxygens (including phenoxy) is 1. The lowest BCUT2D eigenvalue weighted by molar-refractivity contribution is -0.154. The van der Waals surface area contributed by atoms with E-state index in [-0.39, 0.29) is 17.8 Å². The van der Waals surface area contributed by atoms with Crippen LogP contribution in [-0.4, -0.2) is 53.5 Å². The summed E-state index contributed by atoms with van der Waals surface area (Å²) in [6.45, 7) is 4.91. The second-order valence-corrected chi connectivity index (χ2v) is 8.39. The van der Waals surface area contributed by atoms with Crippen molar-refractivity contribution in [2.45, 2.75) is 38.8 Å².